The van der Waals surface area contributed by atoms with Crippen LogP contribution in [0, 0.1) is 5.82 Å². The SMILES string of the molecule is CCn1c(SCC(=O)c2ccc(Cl)cc2)nnc1C(C)NC(=O)c1ccccc1F. The zero-order valence-corrected chi connectivity index (χ0v) is 18.0. The Morgan fingerprint density at radius 1 is 1.17 bits per heavy atom. The maximum absolute atomic E-state index is 13.8. The van der Waals surface area contributed by atoms with E-state index in [0.29, 0.717) is 28.1 Å². The minimum absolute atomic E-state index is 0.0323. The normalized spacial score (nSPS) is 11.9. The third-order valence-corrected chi connectivity index (χ3v) is 5.63. The fourth-order valence-electron chi connectivity index (χ4n) is 2.86. The Morgan fingerprint density at radius 2 is 1.87 bits per heavy atom. The van der Waals surface area contributed by atoms with Gasteiger partial charge in [0.05, 0.1) is 17.4 Å². The van der Waals surface area contributed by atoms with E-state index in [1.807, 2.05) is 11.5 Å². The third-order valence-electron chi connectivity index (χ3n) is 4.41. The first kappa shape index (κ1) is 22.0. The zero-order valence-electron chi connectivity index (χ0n) is 16.4. The zero-order chi connectivity index (χ0) is 21.7. The number of benzene rings is 2. The Bertz CT molecular complexity index is 1060. The number of amides is 1. The molecule has 1 amide bonds. The summed E-state index contributed by atoms with van der Waals surface area (Å²) in [5.74, 6) is -0.446. The van der Waals surface area contributed by atoms with Crippen molar-refractivity contribution in [2.75, 3.05) is 5.75 Å². The second-order valence-electron chi connectivity index (χ2n) is 6.48. The molecule has 3 rings (SSSR count). The standard InChI is InChI=1S/C21H20ClFN4O2S/c1-3-27-19(13(2)24-20(29)16-6-4-5-7-17(16)23)25-26-21(27)30-12-18(28)14-8-10-15(22)11-9-14/h4-11,13H,3,12H2,1-2H3,(H,24,29). The van der Waals surface area contributed by atoms with Gasteiger partial charge >= 0.3 is 0 Å². The van der Waals surface area contributed by atoms with Gasteiger partial charge in [0.25, 0.3) is 5.91 Å². The van der Waals surface area contributed by atoms with Crippen LogP contribution in [0.3, 0.4) is 0 Å². The van der Waals surface area contributed by atoms with Crippen molar-refractivity contribution < 1.29 is 14.0 Å². The van der Waals surface area contributed by atoms with Gasteiger partial charge in [-0.2, -0.15) is 0 Å². The summed E-state index contributed by atoms with van der Waals surface area (Å²) in [5, 5.41) is 12.2. The van der Waals surface area contributed by atoms with Crippen LogP contribution in [0.1, 0.15) is 46.4 Å². The lowest BCUT2D eigenvalue weighted by Crippen LogP contribution is -2.29. The molecule has 3 aromatic rings. The number of thioether (sulfide) groups is 1. The van der Waals surface area contributed by atoms with Crippen LogP contribution >= 0.6 is 23.4 Å². The lowest BCUT2D eigenvalue weighted by Gasteiger charge is -2.15. The fourth-order valence-corrected chi connectivity index (χ4v) is 3.89. The van der Waals surface area contributed by atoms with Gasteiger partial charge in [-0.15, -0.1) is 10.2 Å². The molecule has 0 radical (unpaired) electrons. The van der Waals surface area contributed by atoms with Gasteiger partial charge in [0.1, 0.15) is 5.82 Å². The summed E-state index contributed by atoms with van der Waals surface area (Å²) in [5.41, 5.74) is 0.537. The van der Waals surface area contributed by atoms with E-state index in [9.17, 15) is 14.0 Å². The van der Waals surface area contributed by atoms with Crippen LogP contribution in [0.4, 0.5) is 4.39 Å². The van der Waals surface area contributed by atoms with Crippen LogP contribution in [0.25, 0.3) is 0 Å². The van der Waals surface area contributed by atoms with Gasteiger partial charge in [-0.3, -0.25) is 9.59 Å². The summed E-state index contributed by atoms with van der Waals surface area (Å²) < 4.78 is 15.7. The van der Waals surface area contributed by atoms with Crippen molar-refractivity contribution in [2.45, 2.75) is 31.6 Å². The summed E-state index contributed by atoms with van der Waals surface area (Å²) in [4.78, 5) is 24.8. The highest BCUT2D eigenvalue weighted by Gasteiger charge is 2.21. The van der Waals surface area contributed by atoms with Crippen LogP contribution in [0.2, 0.25) is 5.02 Å². The number of rotatable bonds is 8. The number of halogens is 2. The van der Waals surface area contributed by atoms with Crippen molar-refractivity contribution in [3.8, 4) is 0 Å². The number of carbonyl (C=O) groups is 2. The van der Waals surface area contributed by atoms with Crippen molar-refractivity contribution in [1.82, 2.24) is 20.1 Å². The number of hydrogen-bond acceptors (Lipinski definition) is 5. The minimum Gasteiger partial charge on any atom is -0.342 e. The summed E-state index contributed by atoms with van der Waals surface area (Å²) in [6, 6.07) is 12.0. The van der Waals surface area contributed by atoms with Gasteiger partial charge in [-0.1, -0.05) is 35.5 Å². The Balaban J connectivity index is 1.68. The lowest BCUT2D eigenvalue weighted by molar-refractivity contribution is 0.0932. The molecule has 0 aliphatic rings. The summed E-state index contributed by atoms with van der Waals surface area (Å²) in [6.07, 6.45) is 0. The molecule has 0 aliphatic carbocycles. The van der Waals surface area contributed by atoms with Crippen molar-refractivity contribution in [2.24, 2.45) is 0 Å². The highest BCUT2D eigenvalue weighted by atomic mass is 35.5. The van der Waals surface area contributed by atoms with E-state index in [2.05, 4.69) is 15.5 Å². The molecular formula is C21H20ClFN4O2S. The van der Waals surface area contributed by atoms with E-state index in [1.54, 1.807) is 37.3 Å². The Morgan fingerprint density at radius 3 is 2.53 bits per heavy atom. The monoisotopic (exact) mass is 446 g/mol. The third kappa shape index (κ3) is 5.06. The Labute approximate surface area is 182 Å². The first-order valence-corrected chi connectivity index (χ1v) is 10.7. The van der Waals surface area contributed by atoms with Gasteiger partial charge in [0.15, 0.2) is 16.8 Å². The second-order valence-corrected chi connectivity index (χ2v) is 7.86. The van der Waals surface area contributed by atoms with Crippen LogP contribution in [-0.2, 0) is 6.54 Å². The molecule has 30 heavy (non-hydrogen) atoms. The molecule has 1 heterocycles. The molecule has 1 atom stereocenters. The minimum atomic E-state index is -0.587. The first-order chi connectivity index (χ1) is 14.4. The van der Waals surface area contributed by atoms with Crippen LogP contribution in [0.15, 0.2) is 53.7 Å². The Kier molecular flexibility index (Phi) is 7.23. The molecule has 0 fully saturated rings. The average Bonchev–Trinajstić information content (AvgIpc) is 3.15. The molecule has 9 heteroatoms. The largest absolute Gasteiger partial charge is 0.342 e. The average molecular weight is 447 g/mol. The Hall–Kier alpha value is -2.71. The smallest absolute Gasteiger partial charge is 0.254 e. The van der Waals surface area contributed by atoms with Crippen molar-refractivity contribution in [1.29, 1.82) is 0 Å². The van der Waals surface area contributed by atoms with Gasteiger partial charge in [-0.05, 0) is 50.2 Å². The van der Waals surface area contributed by atoms with Gasteiger partial charge in [-0.25, -0.2) is 4.39 Å². The van der Waals surface area contributed by atoms with E-state index in [-0.39, 0.29) is 17.1 Å². The highest BCUT2D eigenvalue weighted by Crippen LogP contribution is 2.22. The first-order valence-electron chi connectivity index (χ1n) is 9.30. The molecule has 1 aromatic heterocycles. The molecule has 1 unspecified atom stereocenters. The molecule has 0 saturated heterocycles. The second kappa shape index (κ2) is 9.86. The van der Waals surface area contributed by atoms with Crippen LogP contribution in [-0.4, -0.2) is 32.2 Å². The predicted molar refractivity (Wildman–Crippen MR) is 114 cm³/mol. The van der Waals surface area contributed by atoms with Gasteiger partial charge in [0.2, 0.25) is 0 Å². The van der Waals surface area contributed by atoms with Gasteiger partial charge < -0.3 is 9.88 Å². The van der Waals surface area contributed by atoms with Crippen molar-refractivity contribution in [3.63, 3.8) is 0 Å². The number of nitrogens with zero attached hydrogens (tertiary/aromatic N) is 3. The summed E-state index contributed by atoms with van der Waals surface area (Å²) in [7, 11) is 0. The molecule has 0 bridgehead atoms. The van der Waals surface area contributed by atoms with E-state index in [1.165, 1.54) is 30.0 Å². The van der Waals surface area contributed by atoms with Crippen LogP contribution in [0.5, 0.6) is 0 Å². The van der Waals surface area contributed by atoms with E-state index in [4.69, 9.17) is 11.6 Å². The fraction of sp³-hybridized carbons (Fsp3) is 0.238. The number of ketones is 1. The maximum Gasteiger partial charge on any atom is 0.254 e. The summed E-state index contributed by atoms with van der Waals surface area (Å²) in [6.45, 7) is 4.23. The molecule has 2 aromatic carbocycles. The topological polar surface area (TPSA) is 76.9 Å². The van der Waals surface area contributed by atoms with Crippen molar-refractivity contribution in [3.05, 3.63) is 76.3 Å². The molecule has 156 valence electrons. The predicted octanol–water partition coefficient (Wildman–Crippen LogP) is 4.56. The number of nitrogens with one attached hydrogen (secondary N) is 1. The quantitative estimate of drug-likeness (QED) is 0.405. The van der Waals surface area contributed by atoms with E-state index >= 15 is 0 Å². The number of Topliss-reactive ketones (excluding diaryl/α,β-unsaturated/α-hetero) is 1. The van der Waals surface area contributed by atoms with Crippen LogP contribution < -0.4 is 5.32 Å². The number of carbonyl (C=O) groups excluding carboxylic acids is 2. The highest BCUT2D eigenvalue weighted by molar-refractivity contribution is 7.99. The molecule has 0 aliphatic heterocycles. The summed E-state index contributed by atoms with van der Waals surface area (Å²) >= 11 is 7.12. The molecule has 0 spiro atoms. The van der Waals surface area contributed by atoms with E-state index < -0.39 is 17.8 Å². The molecule has 0 saturated carbocycles. The van der Waals surface area contributed by atoms with Gasteiger partial charge in [0, 0.05) is 17.1 Å². The molecule has 6 nitrogen and oxygen atoms in total. The van der Waals surface area contributed by atoms with Crippen molar-refractivity contribution >= 4 is 35.1 Å². The number of aromatic nitrogens is 3. The molecule has 1 N–H and O–H groups in total. The lowest BCUT2D eigenvalue weighted by atomic mass is 10.1. The number of hydrogen-bond donors (Lipinski definition) is 1. The van der Waals surface area contributed by atoms with E-state index in [0.717, 1.165) is 0 Å². The molecular weight excluding hydrogens is 427 g/mol. The maximum atomic E-state index is 13.8.